The van der Waals surface area contributed by atoms with Crippen LogP contribution >= 0.6 is 0 Å². The molecule has 1 rings (SSSR count). The van der Waals surface area contributed by atoms with Gasteiger partial charge in [-0.1, -0.05) is 6.08 Å². The molecule has 5 nitrogen and oxygen atoms in total. The average molecular weight is 292 g/mol. The van der Waals surface area contributed by atoms with Gasteiger partial charge in [-0.25, -0.2) is 9.97 Å². The summed E-state index contributed by atoms with van der Waals surface area (Å²) in [6, 6.07) is 0. The predicted molar refractivity (Wildman–Crippen MR) is 87.6 cm³/mol. The molecule has 1 N–H and O–H groups in total. The second kappa shape index (κ2) is 8.10. The van der Waals surface area contributed by atoms with E-state index in [0.717, 1.165) is 30.3 Å². The summed E-state index contributed by atoms with van der Waals surface area (Å²) in [5.74, 6) is 0.726. The zero-order chi connectivity index (χ0) is 15.9. The quantitative estimate of drug-likeness (QED) is 0.745. The van der Waals surface area contributed by atoms with Crippen molar-refractivity contribution < 1.29 is 4.74 Å². The van der Waals surface area contributed by atoms with Gasteiger partial charge in [0.2, 0.25) is 5.95 Å². The number of anilines is 1. The average Bonchev–Trinajstić information content (AvgIpc) is 2.41. The first kappa shape index (κ1) is 17.6. The smallest absolute Gasteiger partial charge is 0.225 e. The Bertz CT molecular complexity index is 454. The number of nitrogens with zero attached hydrogens (tertiary/aromatic N) is 3. The van der Waals surface area contributed by atoms with E-state index in [0.29, 0.717) is 13.2 Å². The molecule has 21 heavy (non-hydrogen) atoms. The Morgan fingerprint density at radius 1 is 1.43 bits per heavy atom. The first-order chi connectivity index (χ1) is 9.87. The lowest BCUT2D eigenvalue weighted by Crippen LogP contribution is -2.35. The molecule has 0 bridgehead atoms. The maximum Gasteiger partial charge on any atom is 0.225 e. The zero-order valence-electron chi connectivity index (χ0n) is 13.9. The fourth-order valence-electron chi connectivity index (χ4n) is 1.80. The van der Waals surface area contributed by atoms with Crippen molar-refractivity contribution in [3.8, 4) is 0 Å². The van der Waals surface area contributed by atoms with Gasteiger partial charge in [-0.05, 0) is 27.7 Å². The molecule has 0 fully saturated rings. The third kappa shape index (κ3) is 6.23. The summed E-state index contributed by atoms with van der Waals surface area (Å²) < 4.78 is 5.13. The van der Waals surface area contributed by atoms with E-state index < -0.39 is 0 Å². The van der Waals surface area contributed by atoms with Crippen molar-refractivity contribution in [1.82, 2.24) is 15.3 Å². The van der Waals surface area contributed by atoms with Crippen LogP contribution in [0.3, 0.4) is 0 Å². The van der Waals surface area contributed by atoms with Crippen LogP contribution in [0.2, 0.25) is 0 Å². The number of aromatic nitrogens is 2. The molecule has 5 heteroatoms. The molecule has 1 heterocycles. The monoisotopic (exact) mass is 292 g/mol. The molecule has 1 aromatic heterocycles. The minimum absolute atomic E-state index is 0.0818. The zero-order valence-corrected chi connectivity index (χ0v) is 13.9. The standard InChI is InChI=1S/C16H28N4O/c1-7-8-20(9-10-21-6)15-17-11-14(13(2)19-15)12-18-16(3,4)5/h7,11,18H,1,8-10,12H2,2-6H3. The Kier molecular flexibility index (Phi) is 6.78. The maximum absolute atomic E-state index is 5.13. The molecule has 0 aliphatic rings. The Hall–Kier alpha value is -1.46. The minimum atomic E-state index is 0.0818. The highest BCUT2D eigenvalue weighted by atomic mass is 16.5. The molecule has 0 saturated carbocycles. The van der Waals surface area contributed by atoms with Gasteiger partial charge < -0.3 is 15.0 Å². The van der Waals surface area contributed by atoms with E-state index in [4.69, 9.17) is 4.74 Å². The van der Waals surface area contributed by atoms with Crippen molar-refractivity contribution in [3.63, 3.8) is 0 Å². The van der Waals surface area contributed by atoms with Gasteiger partial charge in [0.05, 0.1) is 6.61 Å². The fourth-order valence-corrected chi connectivity index (χ4v) is 1.80. The molecule has 0 unspecified atom stereocenters. The number of methoxy groups -OCH3 is 1. The number of ether oxygens (including phenoxy) is 1. The highest BCUT2D eigenvalue weighted by Crippen LogP contribution is 2.12. The molecule has 0 saturated heterocycles. The summed E-state index contributed by atoms with van der Waals surface area (Å²) in [5.41, 5.74) is 2.21. The second-order valence-corrected chi connectivity index (χ2v) is 6.11. The summed E-state index contributed by atoms with van der Waals surface area (Å²) in [7, 11) is 1.69. The van der Waals surface area contributed by atoms with Crippen LogP contribution in [0.1, 0.15) is 32.0 Å². The van der Waals surface area contributed by atoms with Gasteiger partial charge in [0.15, 0.2) is 0 Å². The molecular formula is C16H28N4O. The normalized spacial score (nSPS) is 11.5. The summed E-state index contributed by atoms with van der Waals surface area (Å²) in [6.07, 6.45) is 3.75. The van der Waals surface area contributed by atoms with Crippen molar-refractivity contribution in [3.05, 3.63) is 30.1 Å². The molecule has 118 valence electrons. The lowest BCUT2D eigenvalue weighted by Gasteiger charge is -2.23. The van der Waals surface area contributed by atoms with Crippen molar-refractivity contribution in [1.29, 1.82) is 0 Å². The van der Waals surface area contributed by atoms with Gasteiger partial charge >= 0.3 is 0 Å². The largest absolute Gasteiger partial charge is 0.383 e. The first-order valence-electron chi connectivity index (χ1n) is 7.29. The van der Waals surface area contributed by atoms with Crippen LogP contribution in [0.15, 0.2) is 18.9 Å². The van der Waals surface area contributed by atoms with E-state index in [1.54, 1.807) is 7.11 Å². The van der Waals surface area contributed by atoms with E-state index >= 15 is 0 Å². The van der Waals surface area contributed by atoms with Gasteiger partial charge in [-0.3, -0.25) is 0 Å². The van der Waals surface area contributed by atoms with E-state index in [9.17, 15) is 0 Å². The Balaban J connectivity index is 2.81. The SMILES string of the molecule is C=CCN(CCOC)c1ncc(CNC(C)(C)C)c(C)n1. The first-order valence-corrected chi connectivity index (χ1v) is 7.29. The van der Waals surface area contributed by atoms with E-state index in [-0.39, 0.29) is 5.54 Å². The Morgan fingerprint density at radius 3 is 2.67 bits per heavy atom. The van der Waals surface area contributed by atoms with Crippen LogP contribution in [0.4, 0.5) is 5.95 Å². The molecule has 1 aromatic rings. The van der Waals surface area contributed by atoms with Crippen molar-refractivity contribution in [2.45, 2.75) is 39.8 Å². The Morgan fingerprint density at radius 2 is 2.14 bits per heavy atom. The number of aryl methyl sites for hydroxylation is 1. The predicted octanol–water partition coefficient (Wildman–Crippen LogP) is 2.31. The van der Waals surface area contributed by atoms with Crippen molar-refractivity contribution in [2.24, 2.45) is 0 Å². The van der Waals surface area contributed by atoms with Gasteiger partial charge in [0.1, 0.15) is 0 Å². The van der Waals surface area contributed by atoms with Crippen LogP contribution < -0.4 is 10.2 Å². The van der Waals surface area contributed by atoms with Crippen LogP contribution in [0.25, 0.3) is 0 Å². The summed E-state index contributed by atoms with van der Waals surface area (Å²) in [5, 5.41) is 3.46. The number of rotatable bonds is 8. The third-order valence-electron chi connectivity index (χ3n) is 3.08. The lowest BCUT2D eigenvalue weighted by molar-refractivity contribution is 0.205. The van der Waals surface area contributed by atoms with E-state index in [1.165, 1.54) is 0 Å². The molecule has 0 aromatic carbocycles. The fraction of sp³-hybridized carbons (Fsp3) is 0.625. The van der Waals surface area contributed by atoms with E-state index in [1.807, 2.05) is 19.2 Å². The highest BCUT2D eigenvalue weighted by Gasteiger charge is 2.13. The topological polar surface area (TPSA) is 50.3 Å². The van der Waals surface area contributed by atoms with Gasteiger partial charge in [0, 0.05) is 49.7 Å². The summed E-state index contributed by atoms with van der Waals surface area (Å²) >= 11 is 0. The number of nitrogens with one attached hydrogen (secondary N) is 1. The lowest BCUT2D eigenvalue weighted by atomic mass is 10.1. The maximum atomic E-state index is 5.13. The molecule has 0 aliphatic heterocycles. The summed E-state index contributed by atoms with van der Waals surface area (Å²) in [6.45, 7) is 15.1. The van der Waals surface area contributed by atoms with Crippen molar-refractivity contribution in [2.75, 3.05) is 31.7 Å². The number of hydrogen-bond donors (Lipinski definition) is 1. The van der Waals surface area contributed by atoms with Crippen LogP contribution in [-0.2, 0) is 11.3 Å². The molecule has 0 spiro atoms. The van der Waals surface area contributed by atoms with Gasteiger partial charge in [-0.15, -0.1) is 6.58 Å². The second-order valence-electron chi connectivity index (χ2n) is 6.11. The van der Waals surface area contributed by atoms with Crippen LogP contribution in [-0.4, -0.2) is 42.3 Å². The number of hydrogen-bond acceptors (Lipinski definition) is 5. The molecule has 0 aliphatic carbocycles. The molecule has 0 atom stereocenters. The minimum Gasteiger partial charge on any atom is -0.383 e. The van der Waals surface area contributed by atoms with Crippen molar-refractivity contribution >= 4 is 5.95 Å². The van der Waals surface area contributed by atoms with Gasteiger partial charge in [0.25, 0.3) is 0 Å². The highest BCUT2D eigenvalue weighted by molar-refractivity contribution is 5.33. The Labute approximate surface area is 128 Å². The van der Waals surface area contributed by atoms with Crippen LogP contribution in [0.5, 0.6) is 0 Å². The third-order valence-corrected chi connectivity index (χ3v) is 3.08. The van der Waals surface area contributed by atoms with E-state index in [2.05, 4.69) is 47.5 Å². The van der Waals surface area contributed by atoms with Crippen LogP contribution in [0, 0.1) is 6.92 Å². The van der Waals surface area contributed by atoms with Gasteiger partial charge in [-0.2, -0.15) is 0 Å². The molecule has 0 amide bonds. The molecular weight excluding hydrogens is 264 g/mol. The summed E-state index contributed by atoms with van der Waals surface area (Å²) in [4.78, 5) is 11.2. The molecule has 0 radical (unpaired) electrons.